The molecule has 1 heterocycles. The van der Waals surface area contributed by atoms with E-state index in [1.807, 2.05) is 0 Å². The molecule has 0 aliphatic heterocycles. The third-order valence-electron chi connectivity index (χ3n) is 2.86. The standard InChI is InChI=1S/C14H14FN3O3/c1-17(14-7-6-11(10-16-14)18(19)20)8-9-21-13-5-3-2-4-12(13)15/h2-7,10H,8-9H2,1H3. The molecule has 0 radical (unpaired) electrons. The van der Waals surface area contributed by atoms with Crippen LogP contribution in [0.1, 0.15) is 0 Å². The van der Waals surface area contributed by atoms with E-state index < -0.39 is 10.7 Å². The van der Waals surface area contributed by atoms with Gasteiger partial charge in [0.05, 0.1) is 11.5 Å². The minimum atomic E-state index is -0.502. The van der Waals surface area contributed by atoms with Crippen molar-refractivity contribution in [1.82, 2.24) is 4.98 Å². The van der Waals surface area contributed by atoms with Gasteiger partial charge in [-0.05, 0) is 18.2 Å². The number of benzene rings is 1. The SMILES string of the molecule is CN(CCOc1ccccc1F)c1ccc([N+](=O)[O-])cn1. The third-order valence-corrected chi connectivity index (χ3v) is 2.86. The first-order valence-electron chi connectivity index (χ1n) is 6.27. The zero-order valence-electron chi connectivity index (χ0n) is 11.4. The molecule has 0 bridgehead atoms. The Morgan fingerprint density at radius 2 is 2.10 bits per heavy atom. The highest BCUT2D eigenvalue weighted by molar-refractivity contribution is 5.42. The van der Waals surface area contributed by atoms with E-state index in [2.05, 4.69) is 4.98 Å². The minimum absolute atomic E-state index is 0.0604. The normalized spacial score (nSPS) is 10.2. The van der Waals surface area contributed by atoms with Gasteiger partial charge in [-0.25, -0.2) is 9.37 Å². The number of nitrogens with zero attached hydrogens (tertiary/aromatic N) is 3. The molecule has 0 unspecified atom stereocenters. The van der Waals surface area contributed by atoms with Crippen molar-refractivity contribution < 1.29 is 14.1 Å². The molecule has 6 nitrogen and oxygen atoms in total. The van der Waals surface area contributed by atoms with Gasteiger partial charge in [-0.3, -0.25) is 10.1 Å². The Balaban J connectivity index is 1.88. The van der Waals surface area contributed by atoms with Crippen molar-refractivity contribution in [3.63, 3.8) is 0 Å². The maximum absolute atomic E-state index is 13.3. The van der Waals surface area contributed by atoms with E-state index in [-0.39, 0.29) is 18.0 Å². The second-order valence-electron chi connectivity index (χ2n) is 4.33. The average molecular weight is 291 g/mol. The van der Waals surface area contributed by atoms with Crippen molar-refractivity contribution in [2.24, 2.45) is 0 Å². The molecule has 0 saturated carbocycles. The molecular weight excluding hydrogens is 277 g/mol. The molecule has 0 atom stereocenters. The summed E-state index contributed by atoms with van der Waals surface area (Å²) >= 11 is 0. The molecule has 110 valence electrons. The van der Waals surface area contributed by atoms with Crippen molar-refractivity contribution in [2.75, 3.05) is 25.1 Å². The van der Waals surface area contributed by atoms with Crippen LogP contribution in [-0.4, -0.2) is 30.1 Å². The monoisotopic (exact) mass is 291 g/mol. The van der Waals surface area contributed by atoms with E-state index in [1.54, 1.807) is 36.2 Å². The van der Waals surface area contributed by atoms with Crippen LogP contribution in [0.3, 0.4) is 0 Å². The Labute approximate surface area is 120 Å². The Hall–Kier alpha value is -2.70. The topological polar surface area (TPSA) is 68.5 Å². The predicted molar refractivity (Wildman–Crippen MR) is 76.1 cm³/mol. The van der Waals surface area contributed by atoms with E-state index in [4.69, 9.17) is 4.74 Å². The van der Waals surface area contributed by atoms with Gasteiger partial charge in [-0.2, -0.15) is 0 Å². The Morgan fingerprint density at radius 1 is 1.33 bits per heavy atom. The van der Waals surface area contributed by atoms with E-state index in [9.17, 15) is 14.5 Å². The molecule has 0 spiro atoms. The lowest BCUT2D eigenvalue weighted by molar-refractivity contribution is -0.385. The van der Waals surface area contributed by atoms with Crippen LogP contribution in [-0.2, 0) is 0 Å². The fraction of sp³-hybridized carbons (Fsp3) is 0.214. The van der Waals surface area contributed by atoms with Crippen molar-refractivity contribution in [3.05, 3.63) is 58.5 Å². The van der Waals surface area contributed by atoms with Crippen LogP contribution in [0.5, 0.6) is 5.75 Å². The van der Waals surface area contributed by atoms with E-state index in [1.165, 1.54) is 18.3 Å². The molecule has 0 amide bonds. The first-order chi connectivity index (χ1) is 10.1. The summed E-state index contributed by atoms with van der Waals surface area (Å²) in [4.78, 5) is 15.8. The van der Waals surface area contributed by atoms with Crippen LogP contribution in [0.25, 0.3) is 0 Å². The second kappa shape index (κ2) is 6.65. The van der Waals surface area contributed by atoms with Gasteiger partial charge in [0.2, 0.25) is 0 Å². The summed E-state index contributed by atoms with van der Waals surface area (Å²) in [5.41, 5.74) is -0.0604. The van der Waals surface area contributed by atoms with Gasteiger partial charge < -0.3 is 9.64 Å². The van der Waals surface area contributed by atoms with Crippen LogP contribution in [0.4, 0.5) is 15.9 Å². The van der Waals surface area contributed by atoms with Gasteiger partial charge >= 0.3 is 0 Å². The lowest BCUT2D eigenvalue weighted by atomic mass is 10.3. The number of nitro groups is 1. The summed E-state index contributed by atoms with van der Waals surface area (Å²) in [5, 5.41) is 10.5. The maximum atomic E-state index is 13.3. The van der Waals surface area contributed by atoms with Crippen LogP contribution in [0, 0.1) is 15.9 Å². The van der Waals surface area contributed by atoms with Crippen LogP contribution >= 0.6 is 0 Å². The average Bonchev–Trinajstić information content (AvgIpc) is 2.49. The summed E-state index contributed by atoms with van der Waals surface area (Å²) in [7, 11) is 1.78. The highest BCUT2D eigenvalue weighted by Gasteiger charge is 2.08. The smallest absolute Gasteiger partial charge is 0.287 e. The zero-order chi connectivity index (χ0) is 15.2. The molecule has 21 heavy (non-hydrogen) atoms. The van der Waals surface area contributed by atoms with Gasteiger partial charge in [0.15, 0.2) is 11.6 Å². The van der Waals surface area contributed by atoms with Gasteiger partial charge in [0, 0.05) is 13.1 Å². The molecule has 2 rings (SSSR count). The molecule has 1 aromatic carbocycles. The summed E-state index contributed by atoms with van der Waals surface area (Å²) in [6.45, 7) is 0.745. The molecule has 0 N–H and O–H groups in total. The summed E-state index contributed by atoms with van der Waals surface area (Å²) in [6.07, 6.45) is 1.20. The largest absolute Gasteiger partial charge is 0.489 e. The van der Waals surface area contributed by atoms with Crippen LogP contribution < -0.4 is 9.64 Å². The Morgan fingerprint density at radius 3 is 2.71 bits per heavy atom. The van der Waals surface area contributed by atoms with Crippen molar-refractivity contribution in [2.45, 2.75) is 0 Å². The summed E-state index contributed by atoms with van der Waals surface area (Å²) in [6, 6.07) is 9.11. The quantitative estimate of drug-likeness (QED) is 0.604. The molecule has 1 aromatic heterocycles. The fourth-order valence-corrected chi connectivity index (χ4v) is 1.68. The van der Waals surface area contributed by atoms with Crippen LogP contribution in [0.2, 0.25) is 0 Å². The molecule has 0 aliphatic rings. The first-order valence-corrected chi connectivity index (χ1v) is 6.27. The van der Waals surface area contributed by atoms with Crippen molar-refractivity contribution in [1.29, 1.82) is 0 Å². The molecule has 7 heteroatoms. The van der Waals surface area contributed by atoms with Gasteiger partial charge in [-0.1, -0.05) is 12.1 Å². The molecule has 0 fully saturated rings. The van der Waals surface area contributed by atoms with Gasteiger partial charge in [0.1, 0.15) is 18.6 Å². The van der Waals surface area contributed by atoms with E-state index in [0.717, 1.165) is 0 Å². The number of rotatable bonds is 6. The van der Waals surface area contributed by atoms with E-state index in [0.29, 0.717) is 12.4 Å². The summed E-state index contributed by atoms with van der Waals surface area (Å²) in [5.74, 6) is 0.369. The Bertz CT molecular complexity index is 619. The lowest BCUT2D eigenvalue weighted by Crippen LogP contribution is -2.24. The predicted octanol–water partition coefficient (Wildman–Crippen LogP) is 2.64. The molecular formula is C14H14FN3O3. The van der Waals surface area contributed by atoms with Crippen molar-refractivity contribution >= 4 is 11.5 Å². The molecule has 0 saturated heterocycles. The number of anilines is 1. The Kier molecular flexibility index (Phi) is 4.65. The summed E-state index contributed by atoms with van der Waals surface area (Å²) < 4.78 is 18.7. The first kappa shape index (κ1) is 14.7. The van der Waals surface area contributed by atoms with Gasteiger partial charge in [0.25, 0.3) is 5.69 Å². The highest BCUT2D eigenvalue weighted by atomic mass is 19.1. The minimum Gasteiger partial charge on any atom is -0.489 e. The number of hydrogen-bond acceptors (Lipinski definition) is 5. The molecule has 2 aromatic rings. The fourth-order valence-electron chi connectivity index (χ4n) is 1.68. The van der Waals surface area contributed by atoms with Crippen LogP contribution in [0.15, 0.2) is 42.6 Å². The highest BCUT2D eigenvalue weighted by Crippen LogP contribution is 2.16. The molecule has 0 aliphatic carbocycles. The number of likely N-dealkylation sites (N-methyl/N-ethyl adjacent to an activating group) is 1. The zero-order valence-corrected chi connectivity index (χ0v) is 11.4. The number of ether oxygens (including phenoxy) is 1. The van der Waals surface area contributed by atoms with Crippen molar-refractivity contribution in [3.8, 4) is 5.75 Å². The number of pyridine rings is 1. The number of aromatic nitrogens is 1. The third kappa shape index (κ3) is 3.88. The number of para-hydroxylation sites is 1. The van der Waals surface area contributed by atoms with E-state index >= 15 is 0 Å². The number of hydrogen-bond donors (Lipinski definition) is 0. The van der Waals surface area contributed by atoms with Gasteiger partial charge in [-0.15, -0.1) is 0 Å². The maximum Gasteiger partial charge on any atom is 0.287 e. The number of halogens is 1. The lowest BCUT2D eigenvalue weighted by Gasteiger charge is -2.18. The second-order valence-corrected chi connectivity index (χ2v) is 4.33.